The van der Waals surface area contributed by atoms with Crippen molar-refractivity contribution in [2.45, 2.75) is 39.3 Å². The van der Waals surface area contributed by atoms with Crippen LogP contribution in [0.4, 0.5) is 10.1 Å². The lowest BCUT2D eigenvalue weighted by atomic mass is 10.0. The molecule has 2 amide bonds. The molecule has 0 spiro atoms. The number of halogens is 1. The summed E-state index contributed by atoms with van der Waals surface area (Å²) in [5.41, 5.74) is -0.609. The first kappa shape index (κ1) is 21.0. The minimum Gasteiger partial charge on any atom is -0.480 e. The van der Waals surface area contributed by atoms with Gasteiger partial charge in [-0.25, -0.2) is 4.79 Å². The Balaban J connectivity index is 2.98. The second kappa shape index (κ2) is 8.88. The average molecular weight is 369 g/mol. The zero-order chi connectivity index (χ0) is 20.0. The second-order valence-electron chi connectivity index (χ2n) is 6.07. The number of nitrogens with zero attached hydrogens (tertiary/aromatic N) is 1. The van der Waals surface area contributed by atoms with Crippen LogP contribution in [0.2, 0.25) is 0 Å². The standard InChI is InChI=1S/C16H20FN3O6/c1-8(2)14(18-9(3)21)15(22)19-12(16(23)24)6-10-4-5-11(17)13(7-10)20(25)26/h4-5,7-8,12,14H,6H2,1-3H3,(H,18,21)(H,19,22)(H,23,24)/t12-,14+/m0/s1. The maximum Gasteiger partial charge on any atom is 0.326 e. The summed E-state index contributed by atoms with van der Waals surface area (Å²) < 4.78 is 13.4. The van der Waals surface area contributed by atoms with E-state index in [2.05, 4.69) is 10.6 Å². The van der Waals surface area contributed by atoms with Gasteiger partial charge in [0.2, 0.25) is 17.6 Å². The van der Waals surface area contributed by atoms with Crippen molar-refractivity contribution in [3.63, 3.8) is 0 Å². The fraction of sp³-hybridized carbons (Fsp3) is 0.438. The third kappa shape index (κ3) is 5.80. The summed E-state index contributed by atoms with van der Waals surface area (Å²) in [5.74, 6) is -3.84. The lowest BCUT2D eigenvalue weighted by molar-refractivity contribution is -0.387. The second-order valence-corrected chi connectivity index (χ2v) is 6.07. The van der Waals surface area contributed by atoms with Crippen LogP contribution in [0.15, 0.2) is 18.2 Å². The van der Waals surface area contributed by atoms with Gasteiger partial charge in [0.05, 0.1) is 4.92 Å². The van der Waals surface area contributed by atoms with Crippen molar-refractivity contribution < 1.29 is 28.8 Å². The van der Waals surface area contributed by atoms with Gasteiger partial charge in [-0.05, 0) is 17.5 Å². The highest BCUT2D eigenvalue weighted by Gasteiger charge is 2.28. The minimum absolute atomic E-state index is 0.173. The van der Waals surface area contributed by atoms with E-state index in [0.717, 1.165) is 12.1 Å². The fourth-order valence-corrected chi connectivity index (χ4v) is 2.28. The number of carbonyl (C=O) groups is 3. The molecule has 1 aromatic rings. The van der Waals surface area contributed by atoms with Gasteiger partial charge in [0.1, 0.15) is 12.1 Å². The number of amides is 2. The maximum atomic E-state index is 13.4. The van der Waals surface area contributed by atoms with Gasteiger partial charge in [0, 0.05) is 19.4 Å². The van der Waals surface area contributed by atoms with Crippen LogP contribution < -0.4 is 10.6 Å². The zero-order valence-corrected chi connectivity index (χ0v) is 14.5. The Morgan fingerprint density at radius 2 is 1.88 bits per heavy atom. The number of benzene rings is 1. The van der Waals surface area contributed by atoms with E-state index >= 15 is 0 Å². The number of hydrogen-bond donors (Lipinski definition) is 3. The SMILES string of the molecule is CC(=O)N[C@@H](C(=O)N[C@@H](Cc1ccc(F)c([N+](=O)[O-])c1)C(=O)O)C(C)C. The van der Waals surface area contributed by atoms with E-state index in [4.69, 9.17) is 0 Å². The topological polar surface area (TPSA) is 139 Å². The highest BCUT2D eigenvalue weighted by Crippen LogP contribution is 2.19. The van der Waals surface area contributed by atoms with Crippen molar-refractivity contribution >= 4 is 23.5 Å². The Hall–Kier alpha value is -3.04. The van der Waals surface area contributed by atoms with Crippen LogP contribution >= 0.6 is 0 Å². The number of carbonyl (C=O) groups excluding carboxylic acids is 2. The van der Waals surface area contributed by atoms with Gasteiger partial charge in [-0.2, -0.15) is 4.39 Å². The van der Waals surface area contributed by atoms with Gasteiger partial charge in [-0.3, -0.25) is 19.7 Å². The molecule has 26 heavy (non-hydrogen) atoms. The quantitative estimate of drug-likeness (QED) is 0.462. The Kier molecular flexibility index (Phi) is 7.17. The van der Waals surface area contributed by atoms with E-state index < -0.39 is 46.3 Å². The monoisotopic (exact) mass is 369 g/mol. The molecule has 0 aromatic heterocycles. The Bertz CT molecular complexity index is 722. The van der Waals surface area contributed by atoms with Gasteiger partial charge in [-0.1, -0.05) is 19.9 Å². The van der Waals surface area contributed by atoms with Crippen LogP contribution in [0.25, 0.3) is 0 Å². The number of nitrogens with one attached hydrogen (secondary N) is 2. The third-order valence-corrected chi connectivity index (χ3v) is 3.57. The Morgan fingerprint density at radius 3 is 2.35 bits per heavy atom. The number of aliphatic carboxylic acids is 1. The highest BCUT2D eigenvalue weighted by atomic mass is 19.1. The van der Waals surface area contributed by atoms with E-state index in [1.54, 1.807) is 13.8 Å². The molecule has 142 valence electrons. The lowest BCUT2D eigenvalue weighted by Gasteiger charge is -2.23. The summed E-state index contributed by atoms with van der Waals surface area (Å²) in [4.78, 5) is 44.8. The van der Waals surface area contributed by atoms with Crippen LogP contribution in [-0.2, 0) is 20.8 Å². The molecule has 1 rings (SSSR count). The number of carboxylic acid groups (broad SMARTS) is 1. The van der Waals surface area contributed by atoms with Gasteiger partial charge in [0.25, 0.3) is 0 Å². The predicted molar refractivity (Wildman–Crippen MR) is 88.8 cm³/mol. The van der Waals surface area contributed by atoms with E-state index in [1.807, 2.05) is 0 Å². The van der Waals surface area contributed by atoms with Crippen molar-refractivity contribution in [1.29, 1.82) is 0 Å². The Morgan fingerprint density at radius 1 is 1.27 bits per heavy atom. The molecule has 0 fully saturated rings. The first-order valence-electron chi connectivity index (χ1n) is 7.76. The van der Waals surface area contributed by atoms with Crippen molar-refractivity contribution in [3.05, 3.63) is 39.7 Å². The van der Waals surface area contributed by atoms with Gasteiger partial charge in [-0.15, -0.1) is 0 Å². The zero-order valence-electron chi connectivity index (χ0n) is 14.5. The molecule has 0 radical (unpaired) electrons. The van der Waals surface area contributed by atoms with Crippen LogP contribution in [0.3, 0.4) is 0 Å². The summed E-state index contributed by atoms with van der Waals surface area (Å²) in [6.45, 7) is 4.59. The highest BCUT2D eigenvalue weighted by molar-refractivity contribution is 5.90. The molecule has 0 unspecified atom stereocenters. The first-order chi connectivity index (χ1) is 12.0. The number of nitro groups is 1. The lowest BCUT2D eigenvalue weighted by Crippen LogP contribution is -2.53. The number of nitro benzene ring substituents is 1. The van der Waals surface area contributed by atoms with Crippen molar-refractivity contribution in [2.24, 2.45) is 5.92 Å². The summed E-state index contributed by atoms with van der Waals surface area (Å²) in [7, 11) is 0. The molecule has 0 heterocycles. The van der Waals surface area contributed by atoms with Crippen LogP contribution in [-0.4, -0.2) is 39.9 Å². The summed E-state index contributed by atoms with van der Waals surface area (Å²) in [5, 5.41) is 24.8. The molecule has 10 heteroatoms. The van der Waals surface area contributed by atoms with Crippen LogP contribution in [0.5, 0.6) is 0 Å². The summed E-state index contributed by atoms with van der Waals surface area (Å²) in [6.07, 6.45) is -0.285. The minimum atomic E-state index is -1.40. The molecule has 2 atom stereocenters. The smallest absolute Gasteiger partial charge is 0.326 e. The van der Waals surface area contributed by atoms with E-state index in [-0.39, 0.29) is 17.9 Å². The molecule has 0 saturated heterocycles. The molecule has 0 aliphatic heterocycles. The number of carboxylic acids is 1. The largest absolute Gasteiger partial charge is 0.480 e. The molecule has 0 aliphatic rings. The normalized spacial score (nSPS) is 13.0. The van der Waals surface area contributed by atoms with Crippen molar-refractivity contribution in [3.8, 4) is 0 Å². The van der Waals surface area contributed by atoms with E-state index in [9.17, 15) is 34.0 Å². The number of rotatable bonds is 8. The molecule has 1 aromatic carbocycles. The third-order valence-electron chi connectivity index (χ3n) is 3.57. The van der Waals surface area contributed by atoms with Crippen molar-refractivity contribution in [1.82, 2.24) is 10.6 Å². The molecule has 3 N–H and O–H groups in total. The summed E-state index contributed by atoms with van der Waals surface area (Å²) in [6, 6.07) is 0.658. The van der Waals surface area contributed by atoms with Crippen molar-refractivity contribution in [2.75, 3.05) is 0 Å². The first-order valence-corrected chi connectivity index (χ1v) is 7.76. The molecular formula is C16H20FN3O6. The molecule has 0 saturated carbocycles. The van der Waals surface area contributed by atoms with Crippen LogP contribution in [0.1, 0.15) is 26.3 Å². The molecule has 9 nitrogen and oxygen atoms in total. The molecule has 0 bridgehead atoms. The average Bonchev–Trinajstić information content (AvgIpc) is 2.52. The van der Waals surface area contributed by atoms with E-state index in [1.165, 1.54) is 13.0 Å². The van der Waals surface area contributed by atoms with Gasteiger partial charge < -0.3 is 15.7 Å². The van der Waals surface area contributed by atoms with E-state index in [0.29, 0.717) is 0 Å². The van der Waals surface area contributed by atoms with Crippen LogP contribution in [0, 0.1) is 21.8 Å². The predicted octanol–water partition coefficient (Wildman–Crippen LogP) is 1.01. The molecule has 0 aliphatic carbocycles. The summed E-state index contributed by atoms with van der Waals surface area (Å²) >= 11 is 0. The van der Waals surface area contributed by atoms with Gasteiger partial charge >= 0.3 is 11.7 Å². The van der Waals surface area contributed by atoms with Gasteiger partial charge in [0.15, 0.2) is 0 Å². The Labute approximate surface area is 148 Å². The number of hydrogen-bond acceptors (Lipinski definition) is 5. The molecular weight excluding hydrogens is 349 g/mol. The fourth-order valence-electron chi connectivity index (χ4n) is 2.28. The maximum absolute atomic E-state index is 13.4.